The summed E-state index contributed by atoms with van der Waals surface area (Å²) in [6.07, 6.45) is 1.20. The molecule has 0 aliphatic carbocycles. The van der Waals surface area contributed by atoms with Crippen molar-refractivity contribution in [2.24, 2.45) is 5.92 Å². The van der Waals surface area contributed by atoms with Crippen LogP contribution in [0.15, 0.2) is 67.3 Å². The van der Waals surface area contributed by atoms with Gasteiger partial charge in [0.2, 0.25) is 5.91 Å². The Morgan fingerprint density at radius 2 is 1.75 bits per heavy atom. The molecule has 124 valence electrons. The lowest BCUT2D eigenvalue weighted by atomic mass is 9.78. The minimum atomic E-state index is -0.420. The van der Waals surface area contributed by atoms with Crippen molar-refractivity contribution in [2.75, 3.05) is 6.54 Å². The van der Waals surface area contributed by atoms with Crippen LogP contribution in [0.4, 0.5) is 0 Å². The normalized spacial score (nSPS) is 12.9. The second kappa shape index (κ2) is 8.46. The van der Waals surface area contributed by atoms with Gasteiger partial charge in [-0.25, -0.2) is 0 Å². The maximum Gasteiger partial charge on any atom is 0.243 e. The van der Waals surface area contributed by atoms with Crippen molar-refractivity contribution in [3.05, 3.63) is 83.4 Å². The fourth-order valence-corrected chi connectivity index (χ4v) is 3.05. The van der Waals surface area contributed by atoms with Crippen LogP contribution in [-0.2, 0) is 9.59 Å². The molecule has 0 aliphatic rings. The van der Waals surface area contributed by atoms with Gasteiger partial charge in [0.25, 0.3) is 0 Å². The SMILES string of the molecule is C=CC(=O)NCC(C(C)=O)C(c1ccccc1)c1ccccc1Cl. The highest BCUT2D eigenvalue weighted by atomic mass is 35.5. The molecule has 0 bridgehead atoms. The van der Waals surface area contributed by atoms with E-state index < -0.39 is 5.92 Å². The molecule has 2 atom stereocenters. The van der Waals surface area contributed by atoms with Gasteiger partial charge in [-0.2, -0.15) is 0 Å². The Hall–Kier alpha value is -2.39. The molecule has 2 aromatic rings. The number of halogens is 1. The van der Waals surface area contributed by atoms with Gasteiger partial charge in [0.05, 0.1) is 0 Å². The zero-order valence-electron chi connectivity index (χ0n) is 13.5. The average Bonchev–Trinajstić information content (AvgIpc) is 2.59. The lowest BCUT2D eigenvalue weighted by Gasteiger charge is -2.27. The van der Waals surface area contributed by atoms with E-state index in [1.54, 1.807) is 0 Å². The van der Waals surface area contributed by atoms with Crippen molar-refractivity contribution in [1.29, 1.82) is 0 Å². The molecule has 2 rings (SSSR count). The smallest absolute Gasteiger partial charge is 0.243 e. The largest absolute Gasteiger partial charge is 0.352 e. The van der Waals surface area contributed by atoms with Crippen molar-refractivity contribution >= 4 is 23.3 Å². The summed E-state index contributed by atoms with van der Waals surface area (Å²) in [5.74, 6) is -0.959. The molecular formula is C20H20ClNO2. The Morgan fingerprint density at radius 3 is 2.33 bits per heavy atom. The Bertz CT molecular complexity index is 727. The van der Waals surface area contributed by atoms with Gasteiger partial charge in [-0.05, 0) is 30.2 Å². The van der Waals surface area contributed by atoms with Crippen LogP contribution in [0.5, 0.6) is 0 Å². The molecule has 3 nitrogen and oxygen atoms in total. The summed E-state index contributed by atoms with van der Waals surface area (Å²) in [6.45, 7) is 5.21. The number of nitrogens with one attached hydrogen (secondary N) is 1. The fourth-order valence-electron chi connectivity index (χ4n) is 2.80. The standard InChI is InChI=1S/C20H20ClNO2/c1-3-19(24)22-13-17(14(2)23)20(15-9-5-4-6-10-15)16-11-7-8-12-18(16)21/h3-12,17,20H,1,13H2,2H3,(H,22,24). The molecule has 0 saturated heterocycles. The summed E-state index contributed by atoms with van der Waals surface area (Å²) in [7, 11) is 0. The van der Waals surface area contributed by atoms with Crippen molar-refractivity contribution in [3.63, 3.8) is 0 Å². The maximum absolute atomic E-state index is 12.3. The number of rotatable bonds is 7. The van der Waals surface area contributed by atoms with Gasteiger partial charge in [0.15, 0.2) is 0 Å². The first-order chi connectivity index (χ1) is 11.5. The highest BCUT2D eigenvalue weighted by Crippen LogP contribution is 2.36. The van der Waals surface area contributed by atoms with Crippen molar-refractivity contribution in [1.82, 2.24) is 5.32 Å². The summed E-state index contributed by atoms with van der Waals surface area (Å²) < 4.78 is 0. The van der Waals surface area contributed by atoms with Gasteiger partial charge < -0.3 is 5.32 Å². The Kier molecular flexibility index (Phi) is 6.33. The van der Waals surface area contributed by atoms with Crippen LogP contribution in [0.1, 0.15) is 24.0 Å². The predicted molar refractivity (Wildman–Crippen MR) is 97.1 cm³/mol. The van der Waals surface area contributed by atoms with Gasteiger partial charge in [-0.15, -0.1) is 0 Å². The van der Waals surface area contributed by atoms with E-state index in [0.29, 0.717) is 5.02 Å². The van der Waals surface area contributed by atoms with E-state index in [1.807, 2.05) is 54.6 Å². The summed E-state index contributed by atoms with van der Waals surface area (Å²) in [6, 6.07) is 17.2. The first-order valence-electron chi connectivity index (χ1n) is 7.74. The molecule has 0 radical (unpaired) electrons. The second-order valence-corrected chi connectivity index (χ2v) is 5.98. The molecule has 2 unspecified atom stereocenters. The lowest BCUT2D eigenvalue weighted by Crippen LogP contribution is -2.35. The number of benzene rings is 2. The summed E-state index contributed by atoms with van der Waals surface area (Å²) in [5, 5.41) is 3.34. The van der Waals surface area contributed by atoms with Crippen LogP contribution >= 0.6 is 11.6 Å². The Morgan fingerprint density at radius 1 is 1.12 bits per heavy atom. The minimum absolute atomic E-state index is 0.00636. The molecule has 0 fully saturated rings. The van der Waals surface area contributed by atoms with Crippen LogP contribution in [-0.4, -0.2) is 18.2 Å². The summed E-state index contributed by atoms with van der Waals surface area (Å²) in [4.78, 5) is 23.9. The maximum atomic E-state index is 12.3. The fraction of sp³-hybridized carbons (Fsp3) is 0.200. The number of hydrogen-bond donors (Lipinski definition) is 1. The number of carbonyl (C=O) groups is 2. The van der Waals surface area contributed by atoms with E-state index in [0.717, 1.165) is 11.1 Å². The third kappa shape index (κ3) is 4.33. The van der Waals surface area contributed by atoms with Gasteiger partial charge >= 0.3 is 0 Å². The average molecular weight is 342 g/mol. The molecule has 4 heteroatoms. The van der Waals surface area contributed by atoms with E-state index >= 15 is 0 Å². The van der Waals surface area contributed by atoms with Crippen molar-refractivity contribution in [2.45, 2.75) is 12.8 Å². The molecular weight excluding hydrogens is 322 g/mol. The second-order valence-electron chi connectivity index (χ2n) is 5.58. The zero-order chi connectivity index (χ0) is 17.5. The minimum Gasteiger partial charge on any atom is -0.352 e. The van der Waals surface area contributed by atoms with Crippen LogP contribution in [0.3, 0.4) is 0 Å². The molecule has 1 N–H and O–H groups in total. The molecule has 2 aromatic carbocycles. The summed E-state index contributed by atoms with van der Waals surface area (Å²) in [5.41, 5.74) is 1.86. The predicted octanol–water partition coefficient (Wildman–Crippen LogP) is 3.98. The van der Waals surface area contributed by atoms with Gasteiger partial charge in [0, 0.05) is 23.4 Å². The molecule has 0 heterocycles. The highest BCUT2D eigenvalue weighted by molar-refractivity contribution is 6.31. The first kappa shape index (κ1) is 18.0. The van der Waals surface area contributed by atoms with E-state index in [9.17, 15) is 9.59 Å². The number of carbonyl (C=O) groups excluding carboxylic acids is 2. The number of hydrogen-bond acceptors (Lipinski definition) is 2. The summed E-state index contributed by atoms with van der Waals surface area (Å²) >= 11 is 6.39. The van der Waals surface area contributed by atoms with Gasteiger partial charge in [-0.1, -0.05) is 66.7 Å². The topological polar surface area (TPSA) is 46.2 Å². The van der Waals surface area contributed by atoms with E-state index in [1.165, 1.54) is 13.0 Å². The van der Waals surface area contributed by atoms with E-state index in [2.05, 4.69) is 11.9 Å². The lowest BCUT2D eigenvalue weighted by molar-refractivity contribution is -0.121. The van der Waals surface area contributed by atoms with E-state index in [-0.39, 0.29) is 24.2 Å². The number of amides is 1. The molecule has 1 amide bonds. The first-order valence-corrected chi connectivity index (χ1v) is 8.12. The highest BCUT2D eigenvalue weighted by Gasteiger charge is 2.30. The van der Waals surface area contributed by atoms with Crippen LogP contribution in [0.2, 0.25) is 5.02 Å². The van der Waals surface area contributed by atoms with Gasteiger partial charge in [0.1, 0.15) is 5.78 Å². The van der Waals surface area contributed by atoms with Crippen LogP contribution in [0.25, 0.3) is 0 Å². The van der Waals surface area contributed by atoms with Crippen LogP contribution in [0, 0.1) is 5.92 Å². The number of ketones is 1. The zero-order valence-corrected chi connectivity index (χ0v) is 14.3. The molecule has 0 aliphatic heterocycles. The monoisotopic (exact) mass is 341 g/mol. The Balaban J connectivity index is 2.47. The van der Waals surface area contributed by atoms with Crippen molar-refractivity contribution in [3.8, 4) is 0 Å². The molecule has 0 saturated carbocycles. The van der Waals surface area contributed by atoms with Gasteiger partial charge in [-0.3, -0.25) is 9.59 Å². The Labute approximate surface area is 147 Å². The quantitative estimate of drug-likeness (QED) is 0.774. The third-order valence-corrected chi connectivity index (χ3v) is 4.35. The molecule has 0 spiro atoms. The number of Topliss-reactive ketones (excluding diaryl/α,β-unsaturated/α-hetero) is 1. The van der Waals surface area contributed by atoms with E-state index in [4.69, 9.17) is 11.6 Å². The molecule has 0 aromatic heterocycles. The van der Waals surface area contributed by atoms with Crippen LogP contribution < -0.4 is 5.32 Å². The third-order valence-electron chi connectivity index (χ3n) is 4.01. The van der Waals surface area contributed by atoms with Crippen molar-refractivity contribution < 1.29 is 9.59 Å². The molecule has 24 heavy (non-hydrogen) atoms.